The maximum absolute atomic E-state index is 9.92. The first-order chi connectivity index (χ1) is 8.11. The minimum Gasteiger partial charge on any atom is -0.441 e. The Morgan fingerprint density at radius 3 is 2.88 bits per heavy atom. The van der Waals surface area contributed by atoms with Crippen LogP contribution in [0.25, 0.3) is 11.1 Å². The van der Waals surface area contributed by atoms with Gasteiger partial charge in [-0.2, -0.15) is 0 Å². The zero-order chi connectivity index (χ0) is 12.4. The van der Waals surface area contributed by atoms with E-state index in [1.165, 1.54) is 0 Å². The first-order valence-corrected chi connectivity index (χ1v) is 5.55. The van der Waals surface area contributed by atoms with Crippen LogP contribution in [0.15, 0.2) is 22.6 Å². The van der Waals surface area contributed by atoms with E-state index in [2.05, 4.69) is 4.98 Å². The van der Waals surface area contributed by atoms with Gasteiger partial charge in [-0.1, -0.05) is 6.07 Å². The molecule has 17 heavy (non-hydrogen) atoms. The van der Waals surface area contributed by atoms with Gasteiger partial charge in [0.15, 0.2) is 11.5 Å². The number of oxazole rings is 1. The van der Waals surface area contributed by atoms with Gasteiger partial charge in [-0.3, -0.25) is 0 Å². The number of aryl methyl sites for hydroxylation is 1. The van der Waals surface area contributed by atoms with E-state index in [9.17, 15) is 10.2 Å². The molecule has 0 fully saturated rings. The second-order valence-electron chi connectivity index (χ2n) is 4.05. The summed E-state index contributed by atoms with van der Waals surface area (Å²) < 4.78 is 5.37. The van der Waals surface area contributed by atoms with E-state index in [0.717, 1.165) is 5.52 Å². The summed E-state index contributed by atoms with van der Waals surface area (Å²) in [5.74, 6) is 0.578. The highest BCUT2D eigenvalue weighted by atomic mass is 16.3. The van der Waals surface area contributed by atoms with Crippen LogP contribution in [0.2, 0.25) is 0 Å². The normalized spacial score (nSPS) is 15.1. The number of nitrogens with two attached hydrogens (primary N) is 1. The Bertz CT molecular complexity index is 509. The van der Waals surface area contributed by atoms with E-state index >= 15 is 0 Å². The molecule has 4 N–H and O–H groups in total. The average Bonchev–Trinajstić information content (AvgIpc) is 2.67. The number of fused-ring (bicyclic) bond motifs is 1. The SMILES string of the molecule is Cc1nc2ccc(C(O)C(O)CCN)cc2o1. The Kier molecular flexibility index (Phi) is 3.42. The summed E-state index contributed by atoms with van der Waals surface area (Å²) in [4.78, 5) is 4.16. The number of rotatable bonds is 4. The van der Waals surface area contributed by atoms with Gasteiger partial charge in [-0.05, 0) is 30.7 Å². The summed E-state index contributed by atoms with van der Waals surface area (Å²) in [5, 5.41) is 19.6. The molecule has 2 aromatic rings. The first kappa shape index (κ1) is 12.0. The number of aromatic nitrogens is 1. The highest BCUT2D eigenvalue weighted by molar-refractivity contribution is 5.73. The average molecular weight is 236 g/mol. The number of benzene rings is 1. The number of aliphatic hydroxyl groups is 2. The van der Waals surface area contributed by atoms with Gasteiger partial charge in [-0.25, -0.2) is 4.98 Å². The Morgan fingerprint density at radius 2 is 2.18 bits per heavy atom. The van der Waals surface area contributed by atoms with E-state index in [4.69, 9.17) is 10.2 Å². The van der Waals surface area contributed by atoms with Crippen LogP contribution in [-0.2, 0) is 0 Å². The third-order valence-electron chi connectivity index (χ3n) is 2.69. The zero-order valence-electron chi connectivity index (χ0n) is 9.63. The van der Waals surface area contributed by atoms with Crippen molar-refractivity contribution in [2.45, 2.75) is 25.6 Å². The molecule has 0 radical (unpaired) electrons. The molecule has 1 aromatic carbocycles. The van der Waals surface area contributed by atoms with Gasteiger partial charge < -0.3 is 20.4 Å². The fraction of sp³-hybridized carbons (Fsp3) is 0.417. The van der Waals surface area contributed by atoms with E-state index < -0.39 is 12.2 Å². The van der Waals surface area contributed by atoms with Crippen molar-refractivity contribution in [2.75, 3.05) is 6.54 Å². The maximum atomic E-state index is 9.92. The van der Waals surface area contributed by atoms with Crippen LogP contribution in [0.1, 0.15) is 24.0 Å². The highest BCUT2D eigenvalue weighted by Crippen LogP contribution is 2.23. The van der Waals surface area contributed by atoms with Gasteiger partial charge in [0.1, 0.15) is 11.6 Å². The first-order valence-electron chi connectivity index (χ1n) is 5.55. The second kappa shape index (κ2) is 4.83. The molecule has 0 amide bonds. The molecule has 1 heterocycles. The van der Waals surface area contributed by atoms with E-state index in [1.807, 2.05) is 0 Å². The maximum Gasteiger partial charge on any atom is 0.192 e. The van der Waals surface area contributed by atoms with Crippen LogP contribution in [0.4, 0.5) is 0 Å². The van der Waals surface area contributed by atoms with E-state index in [1.54, 1.807) is 25.1 Å². The molecule has 0 bridgehead atoms. The third-order valence-corrected chi connectivity index (χ3v) is 2.69. The fourth-order valence-electron chi connectivity index (χ4n) is 1.79. The Hall–Kier alpha value is -1.43. The molecule has 5 nitrogen and oxygen atoms in total. The minimum absolute atomic E-state index is 0.335. The molecule has 2 rings (SSSR count). The summed E-state index contributed by atoms with van der Waals surface area (Å²) in [6.45, 7) is 2.10. The molecule has 92 valence electrons. The summed E-state index contributed by atoms with van der Waals surface area (Å²) >= 11 is 0. The van der Waals surface area contributed by atoms with Gasteiger partial charge in [0.2, 0.25) is 0 Å². The van der Waals surface area contributed by atoms with Gasteiger partial charge in [0.05, 0.1) is 6.10 Å². The molecule has 0 saturated carbocycles. The lowest BCUT2D eigenvalue weighted by atomic mass is 10.0. The fourth-order valence-corrected chi connectivity index (χ4v) is 1.79. The Labute approximate surface area is 98.9 Å². The standard InChI is InChI=1S/C12H16N2O3/c1-7-14-9-3-2-8(6-11(9)17-7)12(16)10(15)4-5-13/h2-3,6,10,12,15-16H,4-5,13H2,1H3. The van der Waals surface area contributed by atoms with E-state index in [-0.39, 0.29) is 0 Å². The molecular formula is C12H16N2O3. The number of hydrogen-bond donors (Lipinski definition) is 3. The van der Waals surface area contributed by atoms with Crippen LogP contribution in [-0.4, -0.2) is 27.8 Å². The number of nitrogens with zero attached hydrogens (tertiary/aromatic N) is 1. The largest absolute Gasteiger partial charge is 0.441 e. The van der Waals surface area contributed by atoms with Crippen molar-refractivity contribution in [1.82, 2.24) is 4.98 Å². The quantitative estimate of drug-likeness (QED) is 0.732. The van der Waals surface area contributed by atoms with Gasteiger partial charge in [-0.15, -0.1) is 0 Å². The van der Waals surface area contributed by atoms with Crippen molar-refractivity contribution in [1.29, 1.82) is 0 Å². The van der Waals surface area contributed by atoms with Crippen molar-refractivity contribution in [3.63, 3.8) is 0 Å². The molecule has 1 aromatic heterocycles. The zero-order valence-corrected chi connectivity index (χ0v) is 9.63. The number of aliphatic hydroxyl groups excluding tert-OH is 2. The lowest BCUT2D eigenvalue weighted by molar-refractivity contribution is 0.0150. The lowest BCUT2D eigenvalue weighted by Crippen LogP contribution is -2.21. The molecule has 2 atom stereocenters. The minimum atomic E-state index is -0.951. The van der Waals surface area contributed by atoms with Crippen molar-refractivity contribution in [3.8, 4) is 0 Å². The van der Waals surface area contributed by atoms with Gasteiger partial charge in [0, 0.05) is 6.92 Å². The van der Waals surface area contributed by atoms with Crippen LogP contribution in [0.5, 0.6) is 0 Å². The highest BCUT2D eigenvalue weighted by Gasteiger charge is 2.18. The predicted octanol–water partition coefficient (Wildman–Crippen LogP) is 0.879. The smallest absolute Gasteiger partial charge is 0.192 e. The molecular weight excluding hydrogens is 220 g/mol. The van der Waals surface area contributed by atoms with Gasteiger partial charge in [0.25, 0.3) is 0 Å². The molecule has 0 aliphatic heterocycles. The van der Waals surface area contributed by atoms with Crippen LogP contribution in [0, 0.1) is 6.92 Å². The van der Waals surface area contributed by atoms with Crippen LogP contribution >= 0.6 is 0 Å². The Morgan fingerprint density at radius 1 is 1.41 bits per heavy atom. The Balaban J connectivity index is 2.28. The van der Waals surface area contributed by atoms with Crippen molar-refractivity contribution in [3.05, 3.63) is 29.7 Å². The number of hydrogen-bond acceptors (Lipinski definition) is 5. The second-order valence-corrected chi connectivity index (χ2v) is 4.05. The molecule has 2 unspecified atom stereocenters. The summed E-state index contributed by atoms with van der Waals surface area (Å²) in [6, 6.07) is 5.19. The summed E-state index contributed by atoms with van der Waals surface area (Å²) in [7, 11) is 0. The van der Waals surface area contributed by atoms with Crippen LogP contribution < -0.4 is 5.73 Å². The van der Waals surface area contributed by atoms with Crippen molar-refractivity contribution < 1.29 is 14.6 Å². The molecule has 0 saturated heterocycles. The monoisotopic (exact) mass is 236 g/mol. The topological polar surface area (TPSA) is 92.5 Å². The van der Waals surface area contributed by atoms with E-state index in [0.29, 0.717) is 30.0 Å². The summed E-state index contributed by atoms with van der Waals surface area (Å²) in [6.07, 6.45) is -1.45. The third kappa shape index (κ3) is 2.46. The molecule has 0 spiro atoms. The van der Waals surface area contributed by atoms with Crippen molar-refractivity contribution in [2.24, 2.45) is 5.73 Å². The predicted molar refractivity (Wildman–Crippen MR) is 63.4 cm³/mol. The van der Waals surface area contributed by atoms with Crippen LogP contribution in [0.3, 0.4) is 0 Å². The molecule has 0 aliphatic carbocycles. The lowest BCUT2D eigenvalue weighted by Gasteiger charge is -2.17. The summed E-state index contributed by atoms with van der Waals surface area (Å²) in [5.41, 5.74) is 7.30. The van der Waals surface area contributed by atoms with Crippen molar-refractivity contribution >= 4 is 11.1 Å². The van der Waals surface area contributed by atoms with Gasteiger partial charge >= 0.3 is 0 Å². The molecule has 0 aliphatic rings. The molecule has 5 heteroatoms.